The average molecular weight is 405 g/mol. The largest absolute Gasteiger partial charge is 0.494 e. The lowest BCUT2D eigenvalue weighted by molar-refractivity contribution is 0.252. The highest BCUT2D eigenvalue weighted by atomic mass is 16.5. The minimum Gasteiger partial charge on any atom is -0.494 e. The maximum Gasteiger partial charge on any atom is 0.319 e. The Balaban J connectivity index is 2.03. The van der Waals surface area contributed by atoms with Crippen molar-refractivity contribution in [3.63, 3.8) is 0 Å². The molecule has 0 aliphatic rings. The first-order chi connectivity index (χ1) is 14.6. The lowest BCUT2D eigenvalue weighted by atomic mass is 10.1. The first-order valence-electron chi connectivity index (χ1n) is 10.5. The van der Waals surface area contributed by atoms with Gasteiger partial charge in [0.15, 0.2) is 0 Å². The number of aryl methyl sites for hydroxylation is 1. The number of nitrogens with one attached hydrogen (secondary N) is 2. The van der Waals surface area contributed by atoms with Crippen LogP contribution in [0, 0.1) is 11.3 Å². The van der Waals surface area contributed by atoms with E-state index in [1.807, 2.05) is 56.3 Å². The number of hydrogen-bond acceptors (Lipinski definition) is 3. The van der Waals surface area contributed by atoms with Gasteiger partial charge in [0.05, 0.1) is 23.4 Å². The number of carbonyl (C=O) groups is 1. The lowest BCUT2D eigenvalue weighted by Gasteiger charge is -2.12. The molecular formula is C24H28N4O2. The maximum absolute atomic E-state index is 11.9. The highest BCUT2D eigenvalue weighted by Crippen LogP contribution is 2.36. The highest BCUT2D eigenvalue weighted by molar-refractivity contribution is 5.96. The molecule has 2 N–H and O–H groups in total. The Morgan fingerprint density at radius 1 is 1.10 bits per heavy atom. The van der Waals surface area contributed by atoms with Crippen LogP contribution < -0.4 is 15.4 Å². The van der Waals surface area contributed by atoms with E-state index >= 15 is 0 Å². The van der Waals surface area contributed by atoms with Crippen molar-refractivity contribution in [3.05, 3.63) is 48.0 Å². The molecule has 1 heterocycles. The van der Waals surface area contributed by atoms with Gasteiger partial charge < -0.3 is 19.9 Å². The fourth-order valence-corrected chi connectivity index (χ4v) is 3.58. The van der Waals surface area contributed by atoms with E-state index in [-0.39, 0.29) is 6.03 Å². The van der Waals surface area contributed by atoms with Gasteiger partial charge in [-0.2, -0.15) is 5.26 Å². The van der Waals surface area contributed by atoms with Crippen LogP contribution in [0.1, 0.15) is 39.2 Å². The standard InChI is InChI=1S/C24H28N4O2/c1-4-13-26-24(29)27-18-9-7-17(8-10-18)23-21(16-25)20-12-11-19(30-6-3)15-22(20)28(23)14-5-2/h7-12,15H,4-6,13-14H2,1-3H3,(H2,26,27,29). The number of fused-ring (bicyclic) bond motifs is 1. The van der Waals surface area contributed by atoms with E-state index in [0.717, 1.165) is 47.3 Å². The lowest BCUT2D eigenvalue weighted by Crippen LogP contribution is -2.29. The molecule has 0 bridgehead atoms. The van der Waals surface area contributed by atoms with Gasteiger partial charge in [-0.25, -0.2) is 4.79 Å². The number of urea groups is 1. The van der Waals surface area contributed by atoms with Crippen LogP contribution in [0.3, 0.4) is 0 Å². The van der Waals surface area contributed by atoms with E-state index < -0.39 is 0 Å². The van der Waals surface area contributed by atoms with Crippen LogP contribution in [0.15, 0.2) is 42.5 Å². The molecule has 0 aliphatic carbocycles. The van der Waals surface area contributed by atoms with Gasteiger partial charge in [-0.3, -0.25) is 0 Å². The van der Waals surface area contributed by atoms with Crippen LogP contribution >= 0.6 is 0 Å². The van der Waals surface area contributed by atoms with Crippen LogP contribution in [0.5, 0.6) is 5.75 Å². The summed E-state index contributed by atoms with van der Waals surface area (Å²) in [6.07, 6.45) is 1.83. The van der Waals surface area contributed by atoms with E-state index in [1.54, 1.807) is 0 Å². The van der Waals surface area contributed by atoms with Crippen molar-refractivity contribution in [1.29, 1.82) is 5.26 Å². The quantitative estimate of drug-likeness (QED) is 0.519. The number of aromatic nitrogens is 1. The number of nitrogens with zero attached hydrogens (tertiary/aromatic N) is 2. The van der Waals surface area contributed by atoms with Gasteiger partial charge in [0.25, 0.3) is 0 Å². The van der Waals surface area contributed by atoms with Gasteiger partial charge in [-0.1, -0.05) is 26.0 Å². The van der Waals surface area contributed by atoms with Gasteiger partial charge in [0.1, 0.15) is 11.8 Å². The molecule has 6 heteroatoms. The molecule has 3 rings (SSSR count). The summed E-state index contributed by atoms with van der Waals surface area (Å²) in [5, 5.41) is 16.5. The van der Waals surface area contributed by atoms with Gasteiger partial charge in [0, 0.05) is 30.2 Å². The minimum absolute atomic E-state index is 0.217. The number of ether oxygens (including phenoxy) is 1. The van der Waals surface area contributed by atoms with Crippen molar-refractivity contribution in [2.24, 2.45) is 0 Å². The number of anilines is 1. The zero-order valence-corrected chi connectivity index (χ0v) is 17.8. The van der Waals surface area contributed by atoms with Crippen molar-refractivity contribution < 1.29 is 9.53 Å². The molecule has 0 saturated carbocycles. The molecule has 156 valence electrons. The van der Waals surface area contributed by atoms with E-state index in [4.69, 9.17) is 4.74 Å². The monoisotopic (exact) mass is 404 g/mol. The maximum atomic E-state index is 11.9. The van der Waals surface area contributed by atoms with Crippen molar-refractivity contribution in [3.8, 4) is 23.1 Å². The molecule has 2 aromatic carbocycles. The molecule has 0 unspecified atom stereocenters. The van der Waals surface area contributed by atoms with Crippen molar-refractivity contribution in [2.75, 3.05) is 18.5 Å². The fraction of sp³-hybridized carbons (Fsp3) is 0.333. The van der Waals surface area contributed by atoms with Gasteiger partial charge >= 0.3 is 6.03 Å². The number of nitriles is 1. The fourth-order valence-electron chi connectivity index (χ4n) is 3.58. The predicted molar refractivity (Wildman–Crippen MR) is 121 cm³/mol. The van der Waals surface area contributed by atoms with Gasteiger partial charge in [-0.05, 0) is 49.6 Å². The summed E-state index contributed by atoms with van der Waals surface area (Å²) in [6, 6.07) is 15.7. The van der Waals surface area contributed by atoms with Gasteiger partial charge in [0.2, 0.25) is 0 Å². The Morgan fingerprint density at radius 2 is 1.87 bits per heavy atom. The summed E-state index contributed by atoms with van der Waals surface area (Å²) in [5.74, 6) is 0.800. The van der Waals surface area contributed by atoms with E-state index in [0.29, 0.717) is 24.4 Å². The Hall–Kier alpha value is -3.46. The molecule has 0 saturated heterocycles. The summed E-state index contributed by atoms with van der Waals surface area (Å²) in [5.41, 5.74) is 4.19. The van der Waals surface area contributed by atoms with Crippen molar-refractivity contribution in [2.45, 2.75) is 40.2 Å². The molecule has 0 spiro atoms. The third-order valence-electron chi connectivity index (χ3n) is 4.86. The number of amides is 2. The average Bonchev–Trinajstić information content (AvgIpc) is 3.06. The number of hydrogen-bond donors (Lipinski definition) is 2. The topological polar surface area (TPSA) is 79.1 Å². The summed E-state index contributed by atoms with van der Waals surface area (Å²) < 4.78 is 7.86. The summed E-state index contributed by atoms with van der Waals surface area (Å²) in [7, 11) is 0. The molecule has 0 aliphatic heterocycles. The molecule has 1 aromatic heterocycles. The SMILES string of the molecule is CCCNC(=O)Nc1ccc(-c2c(C#N)c3ccc(OCC)cc3n2CCC)cc1. The zero-order valence-electron chi connectivity index (χ0n) is 17.8. The second kappa shape index (κ2) is 9.84. The van der Waals surface area contributed by atoms with Crippen LogP contribution in [-0.2, 0) is 6.54 Å². The Morgan fingerprint density at radius 3 is 2.50 bits per heavy atom. The van der Waals surface area contributed by atoms with E-state index in [9.17, 15) is 10.1 Å². The third-order valence-corrected chi connectivity index (χ3v) is 4.86. The molecule has 0 atom stereocenters. The molecule has 3 aromatic rings. The molecule has 0 radical (unpaired) electrons. The van der Waals surface area contributed by atoms with Gasteiger partial charge in [-0.15, -0.1) is 0 Å². The normalized spacial score (nSPS) is 10.6. The summed E-state index contributed by atoms with van der Waals surface area (Å²) in [6.45, 7) is 8.11. The van der Waals surface area contributed by atoms with Crippen LogP contribution in [0.4, 0.5) is 10.5 Å². The molecule has 6 nitrogen and oxygen atoms in total. The Kier molecular flexibility index (Phi) is 6.97. The van der Waals surface area contributed by atoms with Crippen molar-refractivity contribution >= 4 is 22.6 Å². The Bertz CT molecular complexity index is 1060. The predicted octanol–water partition coefficient (Wildman–Crippen LogP) is 5.52. The highest BCUT2D eigenvalue weighted by Gasteiger charge is 2.19. The van der Waals surface area contributed by atoms with Crippen LogP contribution in [-0.4, -0.2) is 23.7 Å². The van der Waals surface area contributed by atoms with Crippen LogP contribution in [0.25, 0.3) is 22.2 Å². The second-order valence-electron chi connectivity index (χ2n) is 7.06. The number of benzene rings is 2. The molecule has 2 amide bonds. The second-order valence-corrected chi connectivity index (χ2v) is 7.06. The molecule has 30 heavy (non-hydrogen) atoms. The first-order valence-corrected chi connectivity index (χ1v) is 10.5. The number of rotatable bonds is 8. The van der Waals surface area contributed by atoms with E-state index in [1.165, 1.54) is 0 Å². The van der Waals surface area contributed by atoms with Crippen molar-refractivity contribution in [1.82, 2.24) is 9.88 Å². The molecular weight excluding hydrogens is 376 g/mol. The third kappa shape index (κ3) is 4.41. The summed E-state index contributed by atoms with van der Waals surface area (Å²) >= 11 is 0. The zero-order chi connectivity index (χ0) is 21.5. The minimum atomic E-state index is -0.217. The van der Waals surface area contributed by atoms with E-state index in [2.05, 4.69) is 28.2 Å². The van der Waals surface area contributed by atoms with Crippen LogP contribution in [0.2, 0.25) is 0 Å². The molecule has 0 fully saturated rings. The smallest absolute Gasteiger partial charge is 0.319 e. The Labute approximate surface area is 177 Å². The number of carbonyl (C=O) groups excluding carboxylic acids is 1. The first kappa shape index (κ1) is 21.3. The summed E-state index contributed by atoms with van der Waals surface area (Å²) in [4.78, 5) is 11.9.